The number of nitrogens with one attached hydrogen (secondary N) is 1. The second-order valence-electron chi connectivity index (χ2n) is 4.96. The first-order chi connectivity index (χ1) is 8.46. The fraction of sp³-hybridized carbons (Fsp3) is 0.462. The van der Waals surface area contributed by atoms with Crippen LogP contribution in [0.25, 0.3) is 0 Å². The van der Waals surface area contributed by atoms with Gasteiger partial charge in [0.15, 0.2) is 0 Å². The fourth-order valence-electron chi connectivity index (χ4n) is 1.84. The number of anilines is 1. The van der Waals surface area contributed by atoms with E-state index in [-0.39, 0.29) is 11.3 Å². The molecule has 2 nitrogen and oxygen atoms in total. The molecule has 1 aromatic rings. The van der Waals surface area contributed by atoms with Crippen molar-refractivity contribution in [1.82, 2.24) is 0 Å². The lowest BCUT2D eigenvalue weighted by Gasteiger charge is -2.13. The molecule has 1 N–H and O–H groups in total. The minimum Gasteiger partial charge on any atom is -0.325 e. The van der Waals surface area contributed by atoms with E-state index in [2.05, 4.69) is 33.9 Å². The molecular weight excluding hydrogens is 334 g/mol. The van der Waals surface area contributed by atoms with Crippen molar-refractivity contribution >= 4 is 51.8 Å². The summed E-state index contributed by atoms with van der Waals surface area (Å²) in [6.45, 7) is 1.93. The molecule has 1 aromatic carbocycles. The van der Waals surface area contributed by atoms with Gasteiger partial charge in [0.1, 0.15) is 0 Å². The van der Waals surface area contributed by atoms with Gasteiger partial charge in [0.05, 0.1) is 5.69 Å². The van der Waals surface area contributed by atoms with Crippen LogP contribution in [0.1, 0.15) is 24.8 Å². The fourth-order valence-corrected chi connectivity index (χ4v) is 2.99. The minimum atomic E-state index is 0.0298. The highest BCUT2D eigenvalue weighted by atomic mass is 79.9. The normalized spacial score (nSPS) is 16.4. The number of benzene rings is 1. The van der Waals surface area contributed by atoms with Gasteiger partial charge in [-0.25, -0.2) is 0 Å². The van der Waals surface area contributed by atoms with Crippen molar-refractivity contribution in [2.24, 2.45) is 5.41 Å². The number of halogens is 2. The Morgan fingerprint density at radius 2 is 2.22 bits per heavy atom. The summed E-state index contributed by atoms with van der Waals surface area (Å²) in [4.78, 5) is 12.0. The third-order valence-electron chi connectivity index (χ3n) is 3.35. The molecule has 0 unspecified atom stereocenters. The zero-order chi connectivity index (χ0) is 13.3. The number of carbonyl (C=O) groups excluding carboxylic acids is 1. The van der Waals surface area contributed by atoms with Crippen LogP contribution >= 0.6 is 40.2 Å². The average molecular weight is 349 g/mol. The summed E-state index contributed by atoms with van der Waals surface area (Å²) < 4.78 is 0.855. The molecule has 0 atom stereocenters. The molecule has 2 rings (SSSR count). The topological polar surface area (TPSA) is 29.1 Å². The molecule has 1 fully saturated rings. The van der Waals surface area contributed by atoms with Crippen LogP contribution in [0.15, 0.2) is 16.6 Å². The quantitative estimate of drug-likeness (QED) is 0.773. The molecule has 0 spiro atoms. The van der Waals surface area contributed by atoms with Crippen LogP contribution in [-0.2, 0) is 4.79 Å². The number of amides is 1. The van der Waals surface area contributed by atoms with E-state index in [1.54, 1.807) is 6.07 Å². The predicted octanol–water partition coefficient (Wildman–Crippen LogP) is 4.45. The molecule has 0 bridgehead atoms. The first kappa shape index (κ1) is 14.2. The maximum Gasteiger partial charge on any atom is 0.224 e. The Balaban J connectivity index is 2.05. The molecule has 0 aromatic heterocycles. The molecule has 1 aliphatic carbocycles. The highest BCUT2D eigenvalue weighted by Crippen LogP contribution is 2.49. The van der Waals surface area contributed by atoms with Gasteiger partial charge >= 0.3 is 0 Å². The van der Waals surface area contributed by atoms with E-state index in [0.29, 0.717) is 11.4 Å². The van der Waals surface area contributed by atoms with Gasteiger partial charge in [-0.15, -0.1) is 0 Å². The van der Waals surface area contributed by atoms with Gasteiger partial charge in [-0.1, -0.05) is 11.6 Å². The smallest absolute Gasteiger partial charge is 0.224 e. The highest BCUT2D eigenvalue weighted by molar-refractivity contribution is 9.10. The average Bonchev–Trinajstić information content (AvgIpc) is 3.06. The van der Waals surface area contributed by atoms with Crippen LogP contribution in [0.4, 0.5) is 5.69 Å². The molecule has 1 amide bonds. The zero-order valence-electron chi connectivity index (χ0n) is 10.1. The lowest BCUT2D eigenvalue weighted by atomic mass is 10.1. The maximum absolute atomic E-state index is 12.0. The summed E-state index contributed by atoms with van der Waals surface area (Å²) in [6, 6.07) is 3.68. The third-order valence-corrected chi connectivity index (χ3v) is 5.08. The van der Waals surface area contributed by atoms with Gasteiger partial charge in [0, 0.05) is 15.9 Å². The van der Waals surface area contributed by atoms with Crippen molar-refractivity contribution in [2.75, 3.05) is 11.1 Å². The third kappa shape index (κ3) is 3.22. The van der Waals surface area contributed by atoms with Crippen LogP contribution in [0.3, 0.4) is 0 Å². The molecule has 0 heterocycles. The highest BCUT2D eigenvalue weighted by Gasteiger charge is 2.42. The molecule has 0 aliphatic heterocycles. The van der Waals surface area contributed by atoms with Crippen molar-refractivity contribution in [1.29, 1.82) is 0 Å². The van der Waals surface area contributed by atoms with Crippen molar-refractivity contribution in [2.45, 2.75) is 26.2 Å². The molecule has 18 heavy (non-hydrogen) atoms. The zero-order valence-corrected chi connectivity index (χ0v) is 13.3. The molecule has 0 saturated heterocycles. The van der Waals surface area contributed by atoms with Crippen LogP contribution in [0.2, 0.25) is 5.02 Å². The molecule has 5 heteroatoms. The Labute approximate surface area is 126 Å². The summed E-state index contributed by atoms with van der Waals surface area (Å²) in [6.07, 6.45) is 2.73. The summed E-state index contributed by atoms with van der Waals surface area (Å²) in [7, 11) is 0. The maximum atomic E-state index is 12.0. The van der Waals surface area contributed by atoms with Gasteiger partial charge in [0.25, 0.3) is 0 Å². The first-order valence-corrected chi connectivity index (χ1v) is 7.62. The van der Waals surface area contributed by atoms with Crippen LogP contribution in [-0.4, -0.2) is 11.7 Å². The molecule has 98 valence electrons. The lowest BCUT2D eigenvalue weighted by Crippen LogP contribution is -2.18. The van der Waals surface area contributed by atoms with E-state index in [0.717, 1.165) is 34.3 Å². The summed E-state index contributed by atoms with van der Waals surface area (Å²) in [5, 5.41) is 3.56. The standard InChI is InChI=1S/C13H15BrClNOS/c1-8-4-9(14)11(5-10(8)15)16-12(17)6-13(7-18)2-3-13/h4-5,18H,2-3,6-7H2,1H3,(H,16,17). The lowest BCUT2D eigenvalue weighted by molar-refractivity contribution is -0.117. The van der Waals surface area contributed by atoms with Crippen LogP contribution < -0.4 is 5.32 Å². The number of hydrogen-bond acceptors (Lipinski definition) is 2. The van der Waals surface area contributed by atoms with Gasteiger partial charge in [-0.2, -0.15) is 12.6 Å². The van der Waals surface area contributed by atoms with Crippen molar-refractivity contribution in [3.63, 3.8) is 0 Å². The molecule has 1 aliphatic rings. The largest absolute Gasteiger partial charge is 0.325 e. The van der Waals surface area contributed by atoms with E-state index in [4.69, 9.17) is 11.6 Å². The Kier molecular flexibility index (Phi) is 4.29. The molecule has 1 saturated carbocycles. The Hall–Kier alpha value is -0.190. The minimum absolute atomic E-state index is 0.0298. The van der Waals surface area contributed by atoms with E-state index in [1.165, 1.54) is 0 Å². The van der Waals surface area contributed by atoms with Gasteiger partial charge in [-0.3, -0.25) is 4.79 Å². The number of hydrogen-bond donors (Lipinski definition) is 2. The Morgan fingerprint density at radius 1 is 1.56 bits per heavy atom. The number of thiol groups is 1. The van der Waals surface area contributed by atoms with E-state index in [1.807, 2.05) is 13.0 Å². The van der Waals surface area contributed by atoms with E-state index >= 15 is 0 Å². The van der Waals surface area contributed by atoms with Gasteiger partial charge in [-0.05, 0) is 64.6 Å². The second-order valence-corrected chi connectivity index (χ2v) is 6.54. The Morgan fingerprint density at radius 3 is 2.78 bits per heavy atom. The first-order valence-electron chi connectivity index (χ1n) is 5.82. The van der Waals surface area contributed by atoms with Crippen molar-refractivity contribution in [3.8, 4) is 0 Å². The van der Waals surface area contributed by atoms with Crippen LogP contribution in [0, 0.1) is 12.3 Å². The van der Waals surface area contributed by atoms with Crippen LogP contribution in [0.5, 0.6) is 0 Å². The van der Waals surface area contributed by atoms with E-state index < -0.39 is 0 Å². The van der Waals surface area contributed by atoms with Crippen molar-refractivity contribution < 1.29 is 4.79 Å². The summed E-state index contributed by atoms with van der Waals surface area (Å²) >= 11 is 13.8. The van der Waals surface area contributed by atoms with Gasteiger partial charge < -0.3 is 5.32 Å². The monoisotopic (exact) mass is 347 g/mol. The number of aryl methyl sites for hydroxylation is 1. The molecule has 0 radical (unpaired) electrons. The second kappa shape index (κ2) is 5.43. The molecular formula is C13H15BrClNOS. The summed E-state index contributed by atoms with van der Waals surface area (Å²) in [5.41, 5.74) is 1.84. The summed E-state index contributed by atoms with van der Waals surface area (Å²) in [5.74, 6) is 0.804. The number of carbonyl (C=O) groups is 1. The van der Waals surface area contributed by atoms with Gasteiger partial charge in [0.2, 0.25) is 5.91 Å². The van der Waals surface area contributed by atoms with Crippen molar-refractivity contribution in [3.05, 3.63) is 27.2 Å². The van der Waals surface area contributed by atoms with E-state index in [9.17, 15) is 4.79 Å². The predicted molar refractivity (Wildman–Crippen MR) is 82.7 cm³/mol. The number of rotatable bonds is 4. The Bertz CT molecular complexity index is 488. The SMILES string of the molecule is Cc1cc(Br)c(NC(=O)CC2(CS)CC2)cc1Cl.